The smallest absolute Gasteiger partial charge is 0.242 e. The Bertz CT molecular complexity index is 600. The van der Waals surface area contributed by atoms with E-state index in [9.17, 15) is 13.2 Å². The molecule has 0 bridgehead atoms. The summed E-state index contributed by atoms with van der Waals surface area (Å²) in [6, 6.07) is 1.82. The summed E-state index contributed by atoms with van der Waals surface area (Å²) in [6.45, 7) is 1.79. The molecular weight excluding hydrogens is 266 g/mol. The fourth-order valence-corrected chi connectivity index (χ4v) is 2.57. The van der Waals surface area contributed by atoms with Gasteiger partial charge in [0.05, 0.1) is 18.5 Å². The number of anilines is 1. The van der Waals surface area contributed by atoms with Gasteiger partial charge in [-0.05, 0) is 25.0 Å². The number of amides is 1. The Labute approximate surface area is 113 Å². The van der Waals surface area contributed by atoms with Gasteiger partial charge in [0.25, 0.3) is 0 Å². The molecule has 1 aliphatic heterocycles. The predicted molar refractivity (Wildman–Crippen MR) is 72.4 cm³/mol. The number of rotatable bonds is 3. The SMILES string of the molecule is CC1Cc2cnccc2N1C(=O)CN(C)S(C)(=O)=O. The molecule has 0 aromatic carbocycles. The van der Waals surface area contributed by atoms with Gasteiger partial charge in [-0.15, -0.1) is 0 Å². The molecule has 1 aromatic heterocycles. The number of likely N-dealkylation sites (N-methyl/N-ethyl adjacent to an activating group) is 1. The molecule has 0 saturated heterocycles. The van der Waals surface area contributed by atoms with E-state index < -0.39 is 10.0 Å². The van der Waals surface area contributed by atoms with E-state index in [4.69, 9.17) is 0 Å². The average Bonchev–Trinajstić information content (AvgIpc) is 2.63. The number of sulfonamides is 1. The van der Waals surface area contributed by atoms with Gasteiger partial charge in [0.15, 0.2) is 0 Å². The number of aromatic nitrogens is 1. The molecule has 0 aliphatic carbocycles. The van der Waals surface area contributed by atoms with Crippen LogP contribution >= 0.6 is 0 Å². The molecule has 2 heterocycles. The quantitative estimate of drug-likeness (QED) is 0.797. The van der Waals surface area contributed by atoms with Crippen molar-refractivity contribution in [2.75, 3.05) is 24.7 Å². The van der Waals surface area contributed by atoms with Crippen molar-refractivity contribution in [3.63, 3.8) is 0 Å². The summed E-state index contributed by atoms with van der Waals surface area (Å²) >= 11 is 0. The normalized spacial score (nSPS) is 18.7. The molecule has 1 aliphatic rings. The Morgan fingerprint density at radius 2 is 2.26 bits per heavy atom. The lowest BCUT2D eigenvalue weighted by Crippen LogP contribution is -2.43. The summed E-state index contributed by atoms with van der Waals surface area (Å²) in [5.74, 6) is -0.217. The van der Waals surface area contributed by atoms with Crippen LogP contribution in [0.3, 0.4) is 0 Å². The van der Waals surface area contributed by atoms with Crippen LogP contribution in [0.5, 0.6) is 0 Å². The lowest BCUT2D eigenvalue weighted by atomic mass is 10.2. The van der Waals surface area contributed by atoms with Crippen LogP contribution in [0, 0.1) is 0 Å². The summed E-state index contributed by atoms with van der Waals surface area (Å²) in [7, 11) is -1.94. The molecule has 0 saturated carbocycles. The first-order chi connectivity index (χ1) is 8.80. The van der Waals surface area contributed by atoms with Crippen LogP contribution in [-0.2, 0) is 21.2 Å². The maximum Gasteiger partial charge on any atom is 0.242 e. The summed E-state index contributed by atoms with van der Waals surface area (Å²) in [5.41, 5.74) is 1.85. The maximum absolute atomic E-state index is 12.3. The second-order valence-corrected chi connectivity index (χ2v) is 6.93. The molecule has 1 amide bonds. The van der Waals surface area contributed by atoms with Crippen molar-refractivity contribution in [3.05, 3.63) is 24.0 Å². The Morgan fingerprint density at radius 1 is 1.58 bits per heavy atom. The van der Waals surface area contributed by atoms with Crippen LogP contribution in [0.1, 0.15) is 12.5 Å². The highest BCUT2D eigenvalue weighted by molar-refractivity contribution is 7.88. The zero-order valence-electron chi connectivity index (χ0n) is 11.2. The van der Waals surface area contributed by atoms with Gasteiger partial charge in [-0.3, -0.25) is 9.78 Å². The van der Waals surface area contributed by atoms with E-state index in [1.165, 1.54) is 7.05 Å². The Balaban J connectivity index is 2.21. The van der Waals surface area contributed by atoms with Gasteiger partial charge in [0.2, 0.25) is 15.9 Å². The van der Waals surface area contributed by atoms with Crippen LogP contribution in [0.25, 0.3) is 0 Å². The second kappa shape index (κ2) is 4.90. The Morgan fingerprint density at radius 3 is 2.89 bits per heavy atom. The van der Waals surface area contributed by atoms with E-state index >= 15 is 0 Å². The van der Waals surface area contributed by atoms with Crippen molar-refractivity contribution in [3.8, 4) is 0 Å². The average molecular weight is 283 g/mol. The van der Waals surface area contributed by atoms with Crippen molar-refractivity contribution in [2.24, 2.45) is 0 Å². The molecule has 0 spiro atoms. The molecule has 2 rings (SSSR count). The van der Waals surface area contributed by atoms with E-state index in [0.717, 1.165) is 28.2 Å². The van der Waals surface area contributed by atoms with Gasteiger partial charge in [0, 0.05) is 25.5 Å². The zero-order valence-corrected chi connectivity index (χ0v) is 12.0. The molecule has 0 radical (unpaired) electrons. The summed E-state index contributed by atoms with van der Waals surface area (Å²) in [6.07, 6.45) is 5.22. The zero-order chi connectivity index (χ0) is 14.2. The Hall–Kier alpha value is -1.47. The third-order valence-electron chi connectivity index (χ3n) is 3.29. The topological polar surface area (TPSA) is 70.6 Å². The number of carbonyl (C=O) groups excluding carboxylic acids is 1. The minimum absolute atomic E-state index is 0.0275. The molecule has 1 aromatic rings. The van der Waals surface area contributed by atoms with E-state index in [1.807, 2.05) is 6.92 Å². The molecule has 6 nitrogen and oxygen atoms in total. The predicted octanol–water partition coefficient (Wildman–Crippen LogP) is 0.251. The minimum Gasteiger partial charge on any atom is -0.308 e. The molecule has 1 unspecified atom stereocenters. The first-order valence-corrected chi connectivity index (χ1v) is 7.82. The molecule has 0 fully saturated rings. The van der Waals surface area contributed by atoms with Crippen LogP contribution < -0.4 is 4.90 Å². The van der Waals surface area contributed by atoms with Gasteiger partial charge in [-0.25, -0.2) is 8.42 Å². The van der Waals surface area contributed by atoms with Crippen molar-refractivity contribution in [1.29, 1.82) is 0 Å². The Kier molecular flexibility index (Phi) is 3.60. The van der Waals surface area contributed by atoms with Gasteiger partial charge < -0.3 is 4.90 Å². The summed E-state index contributed by atoms with van der Waals surface area (Å²) < 4.78 is 23.8. The molecule has 104 valence electrons. The first kappa shape index (κ1) is 14.0. The summed E-state index contributed by atoms with van der Waals surface area (Å²) in [5, 5.41) is 0. The number of fused-ring (bicyclic) bond motifs is 1. The van der Waals surface area contributed by atoms with Crippen molar-refractivity contribution >= 4 is 21.6 Å². The fourth-order valence-electron chi connectivity index (χ4n) is 2.22. The number of hydrogen-bond donors (Lipinski definition) is 0. The van der Waals surface area contributed by atoms with Crippen molar-refractivity contribution in [2.45, 2.75) is 19.4 Å². The lowest BCUT2D eigenvalue weighted by Gasteiger charge is -2.24. The molecular formula is C12H17N3O3S. The van der Waals surface area contributed by atoms with Crippen LogP contribution in [0.2, 0.25) is 0 Å². The first-order valence-electron chi connectivity index (χ1n) is 5.97. The number of pyridine rings is 1. The van der Waals surface area contributed by atoms with E-state index in [2.05, 4.69) is 4.98 Å². The van der Waals surface area contributed by atoms with Crippen molar-refractivity contribution < 1.29 is 13.2 Å². The largest absolute Gasteiger partial charge is 0.308 e. The van der Waals surface area contributed by atoms with Crippen LogP contribution in [-0.4, -0.2) is 49.5 Å². The third-order valence-corrected chi connectivity index (χ3v) is 4.55. The van der Waals surface area contributed by atoms with Crippen LogP contribution in [0.4, 0.5) is 5.69 Å². The summed E-state index contributed by atoms with van der Waals surface area (Å²) in [4.78, 5) is 18.0. The van der Waals surface area contributed by atoms with Gasteiger partial charge in [-0.2, -0.15) is 4.31 Å². The molecule has 7 heteroatoms. The number of carbonyl (C=O) groups is 1. The van der Waals surface area contributed by atoms with E-state index in [-0.39, 0.29) is 18.5 Å². The third kappa shape index (κ3) is 2.76. The molecule has 1 atom stereocenters. The van der Waals surface area contributed by atoms with Crippen LogP contribution in [0.15, 0.2) is 18.5 Å². The second-order valence-electron chi connectivity index (χ2n) is 4.84. The number of hydrogen-bond acceptors (Lipinski definition) is 4. The lowest BCUT2D eigenvalue weighted by molar-refractivity contribution is -0.118. The fraction of sp³-hybridized carbons (Fsp3) is 0.500. The van der Waals surface area contributed by atoms with E-state index in [1.54, 1.807) is 23.4 Å². The van der Waals surface area contributed by atoms with E-state index in [0.29, 0.717) is 0 Å². The standard InChI is InChI=1S/C12H17N3O3S/c1-9-6-10-7-13-5-4-11(10)15(9)12(16)8-14(2)19(3,17)18/h4-5,7,9H,6,8H2,1-3H3. The maximum atomic E-state index is 12.3. The molecule has 19 heavy (non-hydrogen) atoms. The van der Waals surface area contributed by atoms with Gasteiger partial charge >= 0.3 is 0 Å². The molecule has 0 N–H and O–H groups in total. The highest BCUT2D eigenvalue weighted by Crippen LogP contribution is 2.31. The monoisotopic (exact) mass is 283 g/mol. The number of nitrogens with zero attached hydrogens (tertiary/aromatic N) is 3. The minimum atomic E-state index is -3.35. The highest BCUT2D eigenvalue weighted by Gasteiger charge is 2.32. The van der Waals surface area contributed by atoms with Gasteiger partial charge in [0.1, 0.15) is 0 Å². The van der Waals surface area contributed by atoms with Gasteiger partial charge in [-0.1, -0.05) is 0 Å². The van der Waals surface area contributed by atoms with Crippen molar-refractivity contribution in [1.82, 2.24) is 9.29 Å². The highest BCUT2D eigenvalue weighted by atomic mass is 32.2.